The third-order valence-electron chi connectivity index (χ3n) is 4.64. The number of carbonyl (C=O) groups excluding carboxylic acids is 1. The van der Waals surface area contributed by atoms with Gasteiger partial charge in [-0.25, -0.2) is 8.42 Å². The summed E-state index contributed by atoms with van der Waals surface area (Å²) >= 11 is 7.71. The van der Waals surface area contributed by atoms with E-state index in [1.807, 2.05) is 31.5 Å². The second kappa shape index (κ2) is 8.84. The van der Waals surface area contributed by atoms with Crippen molar-refractivity contribution in [2.45, 2.75) is 9.79 Å². The molecule has 1 heterocycles. The minimum absolute atomic E-state index is 0.0738. The molecule has 1 N–H and O–H groups in total. The molecule has 6 nitrogen and oxygen atoms in total. The van der Waals surface area contributed by atoms with Gasteiger partial charge in [0.15, 0.2) is 0 Å². The van der Waals surface area contributed by atoms with E-state index in [2.05, 4.69) is 10.2 Å². The van der Waals surface area contributed by atoms with Crippen LogP contribution in [0.3, 0.4) is 0 Å². The Morgan fingerprint density at radius 2 is 1.79 bits per heavy atom. The number of thioether (sulfide) groups is 1. The summed E-state index contributed by atoms with van der Waals surface area (Å²) in [4.78, 5) is 15.8. The normalized spacial score (nSPS) is 16.1. The van der Waals surface area contributed by atoms with E-state index in [0.717, 1.165) is 4.90 Å². The number of piperazine rings is 1. The van der Waals surface area contributed by atoms with Crippen LogP contribution in [0, 0.1) is 0 Å². The van der Waals surface area contributed by atoms with Gasteiger partial charge in [0.05, 0.1) is 21.2 Å². The Kier molecular flexibility index (Phi) is 6.67. The molecule has 1 saturated heterocycles. The lowest BCUT2D eigenvalue weighted by Crippen LogP contribution is -2.47. The fraction of sp³-hybridized carbons (Fsp3) is 0.316. The molecule has 0 spiro atoms. The number of sulfonamides is 1. The second-order valence-electron chi connectivity index (χ2n) is 6.50. The molecule has 1 aliphatic rings. The van der Waals surface area contributed by atoms with Crippen molar-refractivity contribution in [1.82, 2.24) is 9.21 Å². The number of para-hydroxylation sites is 1. The number of amides is 1. The van der Waals surface area contributed by atoms with Crippen molar-refractivity contribution >= 4 is 45.0 Å². The van der Waals surface area contributed by atoms with Gasteiger partial charge in [-0.05, 0) is 43.6 Å². The van der Waals surface area contributed by atoms with Gasteiger partial charge in [-0.3, -0.25) is 4.79 Å². The van der Waals surface area contributed by atoms with Gasteiger partial charge in [0, 0.05) is 31.1 Å². The summed E-state index contributed by atoms with van der Waals surface area (Å²) in [5.74, 6) is -0.443. The predicted molar refractivity (Wildman–Crippen MR) is 114 cm³/mol. The molecule has 0 saturated carbocycles. The highest BCUT2D eigenvalue weighted by Crippen LogP contribution is 2.28. The summed E-state index contributed by atoms with van der Waals surface area (Å²) in [6, 6.07) is 11.7. The maximum atomic E-state index is 13.0. The number of likely N-dealkylation sites (N-methyl/N-ethyl adjacent to an activating group) is 1. The van der Waals surface area contributed by atoms with Crippen molar-refractivity contribution in [3.63, 3.8) is 0 Å². The van der Waals surface area contributed by atoms with E-state index >= 15 is 0 Å². The number of hydrogen-bond donors (Lipinski definition) is 1. The van der Waals surface area contributed by atoms with Gasteiger partial charge in [0.1, 0.15) is 0 Å². The lowest BCUT2D eigenvalue weighted by molar-refractivity contribution is 0.102. The van der Waals surface area contributed by atoms with Gasteiger partial charge in [0.2, 0.25) is 10.0 Å². The number of nitrogens with zero attached hydrogens (tertiary/aromatic N) is 2. The molecule has 0 aromatic heterocycles. The topological polar surface area (TPSA) is 69.7 Å². The van der Waals surface area contributed by atoms with Crippen molar-refractivity contribution in [3.05, 3.63) is 53.1 Å². The lowest BCUT2D eigenvalue weighted by Gasteiger charge is -2.31. The molecule has 0 bridgehead atoms. The van der Waals surface area contributed by atoms with Gasteiger partial charge < -0.3 is 10.2 Å². The van der Waals surface area contributed by atoms with E-state index in [0.29, 0.717) is 31.9 Å². The molecular weight excluding hydrogens is 418 g/mol. The van der Waals surface area contributed by atoms with E-state index in [9.17, 15) is 13.2 Å². The number of hydrogen-bond acceptors (Lipinski definition) is 5. The zero-order valence-electron chi connectivity index (χ0n) is 15.7. The Morgan fingerprint density at radius 3 is 2.46 bits per heavy atom. The highest BCUT2D eigenvalue weighted by molar-refractivity contribution is 7.98. The standard InChI is InChI=1S/C19H22ClN3O3S2/c1-22-9-11-23(12-10-22)28(25,26)14-7-8-16(20)15(13-14)19(24)21-17-5-3-4-6-18(17)27-2/h3-8,13H,9-12H2,1-2H3,(H,21,24). The number of nitrogens with one attached hydrogen (secondary N) is 1. The van der Waals surface area contributed by atoms with E-state index in [1.165, 1.54) is 34.3 Å². The zero-order valence-corrected chi connectivity index (χ0v) is 18.1. The molecule has 0 aliphatic carbocycles. The van der Waals surface area contributed by atoms with Gasteiger partial charge in [-0.15, -0.1) is 11.8 Å². The van der Waals surface area contributed by atoms with E-state index in [4.69, 9.17) is 11.6 Å². The molecule has 2 aromatic carbocycles. The predicted octanol–water partition coefficient (Wildman–Crippen LogP) is 3.25. The Bertz CT molecular complexity index is 974. The van der Waals surface area contributed by atoms with Crippen LogP contribution in [0.25, 0.3) is 0 Å². The second-order valence-corrected chi connectivity index (χ2v) is 9.70. The summed E-state index contributed by atoms with van der Waals surface area (Å²) in [6.45, 7) is 2.19. The molecule has 0 unspecified atom stereocenters. The lowest BCUT2D eigenvalue weighted by atomic mass is 10.2. The van der Waals surface area contributed by atoms with Crippen LogP contribution in [-0.2, 0) is 10.0 Å². The fourth-order valence-corrected chi connectivity index (χ4v) is 5.16. The van der Waals surface area contributed by atoms with Crippen molar-refractivity contribution < 1.29 is 13.2 Å². The Hall–Kier alpha value is -1.58. The van der Waals surface area contributed by atoms with Crippen molar-refractivity contribution in [2.75, 3.05) is 44.8 Å². The van der Waals surface area contributed by atoms with Crippen LogP contribution in [-0.4, -0.2) is 63.0 Å². The molecule has 150 valence electrons. The maximum absolute atomic E-state index is 13.0. The molecular formula is C19H22ClN3O3S2. The minimum Gasteiger partial charge on any atom is -0.321 e. The van der Waals surface area contributed by atoms with Gasteiger partial charge in [-0.2, -0.15) is 4.31 Å². The van der Waals surface area contributed by atoms with Crippen LogP contribution in [0.4, 0.5) is 5.69 Å². The molecule has 2 aromatic rings. The number of anilines is 1. The molecule has 3 rings (SSSR count). The first-order valence-electron chi connectivity index (χ1n) is 8.75. The minimum atomic E-state index is -3.68. The number of halogens is 1. The van der Waals surface area contributed by atoms with Gasteiger partial charge in [-0.1, -0.05) is 23.7 Å². The largest absolute Gasteiger partial charge is 0.321 e. The Labute approximate surface area is 174 Å². The van der Waals surface area contributed by atoms with Crippen LogP contribution in [0.15, 0.2) is 52.3 Å². The molecule has 0 radical (unpaired) electrons. The van der Waals surface area contributed by atoms with Crippen LogP contribution in [0.5, 0.6) is 0 Å². The summed E-state index contributed by atoms with van der Waals surface area (Å²) in [5.41, 5.74) is 0.788. The highest BCUT2D eigenvalue weighted by Gasteiger charge is 2.28. The fourth-order valence-electron chi connectivity index (χ4n) is 2.95. The third-order valence-corrected chi connectivity index (χ3v) is 7.66. The molecule has 9 heteroatoms. The van der Waals surface area contributed by atoms with Crippen molar-refractivity contribution in [3.8, 4) is 0 Å². The first kappa shape index (κ1) is 21.1. The average Bonchev–Trinajstić information content (AvgIpc) is 2.68. The molecule has 1 aliphatic heterocycles. The van der Waals surface area contributed by atoms with E-state index in [-0.39, 0.29) is 15.5 Å². The monoisotopic (exact) mass is 439 g/mol. The van der Waals surface area contributed by atoms with Gasteiger partial charge in [0.25, 0.3) is 5.91 Å². The Morgan fingerprint density at radius 1 is 1.11 bits per heavy atom. The first-order chi connectivity index (χ1) is 13.3. The van der Waals surface area contributed by atoms with Crippen LogP contribution < -0.4 is 5.32 Å². The molecule has 1 amide bonds. The number of carbonyl (C=O) groups is 1. The third kappa shape index (κ3) is 4.52. The van der Waals surface area contributed by atoms with Crippen molar-refractivity contribution in [2.24, 2.45) is 0 Å². The zero-order chi connectivity index (χ0) is 20.3. The first-order valence-corrected chi connectivity index (χ1v) is 11.8. The number of rotatable bonds is 5. The molecule has 1 fully saturated rings. The smallest absolute Gasteiger partial charge is 0.257 e. The van der Waals surface area contributed by atoms with Crippen LogP contribution in [0.1, 0.15) is 10.4 Å². The SMILES string of the molecule is CSc1ccccc1NC(=O)c1cc(S(=O)(=O)N2CCN(C)CC2)ccc1Cl. The van der Waals surface area contributed by atoms with E-state index < -0.39 is 15.9 Å². The summed E-state index contributed by atoms with van der Waals surface area (Å²) in [5, 5.41) is 3.03. The highest BCUT2D eigenvalue weighted by atomic mass is 35.5. The van der Waals surface area contributed by atoms with Gasteiger partial charge >= 0.3 is 0 Å². The van der Waals surface area contributed by atoms with Crippen LogP contribution >= 0.6 is 23.4 Å². The van der Waals surface area contributed by atoms with E-state index in [1.54, 1.807) is 6.07 Å². The maximum Gasteiger partial charge on any atom is 0.257 e. The molecule has 0 atom stereocenters. The Balaban J connectivity index is 1.88. The molecule has 28 heavy (non-hydrogen) atoms. The average molecular weight is 440 g/mol. The van der Waals surface area contributed by atoms with Crippen LogP contribution in [0.2, 0.25) is 5.02 Å². The summed E-state index contributed by atoms with van der Waals surface area (Å²) in [6.07, 6.45) is 1.92. The quantitative estimate of drug-likeness (QED) is 0.724. The summed E-state index contributed by atoms with van der Waals surface area (Å²) in [7, 11) is -1.72. The summed E-state index contributed by atoms with van der Waals surface area (Å²) < 4.78 is 27.4. The van der Waals surface area contributed by atoms with Crippen molar-refractivity contribution in [1.29, 1.82) is 0 Å². The number of benzene rings is 2.